The number of benzene rings is 1. The van der Waals surface area contributed by atoms with Gasteiger partial charge in [-0.15, -0.1) is 0 Å². The number of aromatic amines is 1. The van der Waals surface area contributed by atoms with E-state index in [1.165, 1.54) is 6.07 Å². The highest BCUT2D eigenvalue weighted by molar-refractivity contribution is 6.05. The minimum atomic E-state index is -0.343. The van der Waals surface area contributed by atoms with E-state index < -0.39 is 0 Å². The number of hydrogen-bond acceptors (Lipinski definition) is 5. The SMILES string of the molecule is O=C(NCc1noc(C2CC2)n1)c1cc(=O)[nH]c2ccccc12. The van der Waals surface area contributed by atoms with Gasteiger partial charge in [0.15, 0.2) is 5.82 Å². The van der Waals surface area contributed by atoms with Crippen LogP contribution < -0.4 is 10.9 Å². The molecule has 1 aromatic carbocycles. The standard InChI is InChI=1S/C16H14N4O3/c21-14-7-11(10-3-1-2-4-12(10)18-14)15(22)17-8-13-19-16(23-20-13)9-5-6-9/h1-4,7,9H,5-6,8H2,(H,17,22)(H,18,21). The highest BCUT2D eigenvalue weighted by Gasteiger charge is 2.29. The van der Waals surface area contributed by atoms with E-state index in [9.17, 15) is 9.59 Å². The van der Waals surface area contributed by atoms with E-state index in [0.29, 0.717) is 34.1 Å². The van der Waals surface area contributed by atoms with Crippen LogP contribution in [0.4, 0.5) is 0 Å². The Morgan fingerprint density at radius 2 is 2.17 bits per heavy atom. The van der Waals surface area contributed by atoms with Crippen LogP contribution in [0.15, 0.2) is 39.6 Å². The number of para-hydroxylation sites is 1. The molecule has 0 bridgehead atoms. The molecule has 23 heavy (non-hydrogen) atoms. The Bertz CT molecular complexity index is 940. The van der Waals surface area contributed by atoms with Crippen molar-refractivity contribution in [1.82, 2.24) is 20.4 Å². The topological polar surface area (TPSA) is 101 Å². The molecule has 4 rings (SSSR count). The highest BCUT2D eigenvalue weighted by atomic mass is 16.5. The van der Waals surface area contributed by atoms with Crippen molar-refractivity contribution in [2.45, 2.75) is 25.3 Å². The zero-order valence-corrected chi connectivity index (χ0v) is 12.2. The molecule has 0 atom stereocenters. The minimum Gasteiger partial charge on any atom is -0.345 e. The van der Waals surface area contributed by atoms with Gasteiger partial charge in [0, 0.05) is 22.9 Å². The predicted molar refractivity (Wildman–Crippen MR) is 82.0 cm³/mol. The molecular formula is C16H14N4O3. The third-order valence-corrected chi connectivity index (χ3v) is 3.81. The molecular weight excluding hydrogens is 296 g/mol. The van der Waals surface area contributed by atoms with Gasteiger partial charge >= 0.3 is 0 Å². The first kappa shape index (κ1) is 13.7. The molecule has 2 N–H and O–H groups in total. The molecule has 2 heterocycles. The molecule has 116 valence electrons. The number of fused-ring (bicyclic) bond motifs is 1. The van der Waals surface area contributed by atoms with Gasteiger partial charge in [-0.3, -0.25) is 9.59 Å². The third-order valence-electron chi connectivity index (χ3n) is 3.81. The molecule has 1 aliphatic carbocycles. The summed E-state index contributed by atoms with van der Waals surface area (Å²) < 4.78 is 5.15. The Hall–Kier alpha value is -2.96. The second-order valence-corrected chi connectivity index (χ2v) is 5.60. The molecule has 7 nitrogen and oxygen atoms in total. The van der Waals surface area contributed by atoms with E-state index in [1.54, 1.807) is 18.2 Å². The lowest BCUT2D eigenvalue weighted by molar-refractivity contribution is 0.0951. The fourth-order valence-electron chi connectivity index (χ4n) is 2.48. The van der Waals surface area contributed by atoms with E-state index >= 15 is 0 Å². The first-order valence-electron chi connectivity index (χ1n) is 7.43. The number of nitrogens with one attached hydrogen (secondary N) is 2. The van der Waals surface area contributed by atoms with Crippen molar-refractivity contribution in [2.75, 3.05) is 0 Å². The number of pyridine rings is 1. The fraction of sp³-hybridized carbons (Fsp3) is 0.250. The van der Waals surface area contributed by atoms with Crippen molar-refractivity contribution in [3.8, 4) is 0 Å². The predicted octanol–water partition coefficient (Wildman–Crippen LogP) is 1.72. The van der Waals surface area contributed by atoms with Crippen LogP contribution >= 0.6 is 0 Å². The molecule has 0 unspecified atom stereocenters. The number of aromatic nitrogens is 3. The van der Waals surface area contributed by atoms with Gasteiger partial charge in [-0.05, 0) is 18.9 Å². The maximum Gasteiger partial charge on any atom is 0.252 e. The van der Waals surface area contributed by atoms with Crippen molar-refractivity contribution in [2.24, 2.45) is 0 Å². The molecule has 0 saturated heterocycles. The van der Waals surface area contributed by atoms with Gasteiger partial charge in [0.25, 0.3) is 5.91 Å². The van der Waals surface area contributed by atoms with Gasteiger partial charge in [-0.1, -0.05) is 23.4 Å². The Kier molecular flexibility index (Phi) is 3.18. The van der Waals surface area contributed by atoms with Gasteiger partial charge in [0.05, 0.1) is 12.1 Å². The summed E-state index contributed by atoms with van der Waals surface area (Å²) >= 11 is 0. The van der Waals surface area contributed by atoms with Crippen LogP contribution in [0.2, 0.25) is 0 Å². The zero-order chi connectivity index (χ0) is 15.8. The monoisotopic (exact) mass is 310 g/mol. The van der Waals surface area contributed by atoms with Gasteiger partial charge in [0.1, 0.15) is 0 Å². The largest absolute Gasteiger partial charge is 0.345 e. The summed E-state index contributed by atoms with van der Waals surface area (Å²) in [6, 6.07) is 8.47. The first-order valence-corrected chi connectivity index (χ1v) is 7.43. The Morgan fingerprint density at radius 1 is 1.35 bits per heavy atom. The zero-order valence-electron chi connectivity index (χ0n) is 12.2. The summed E-state index contributed by atoms with van der Waals surface area (Å²) in [6.07, 6.45) is 2.15. The van der Waals surface area contributed by atoms with Crippen molar-refractivity contribution in [3.63, 3.8) is 0 Å². The number of hydrogen-bond donors (Lipinski definition) is 2. The van der Waals surface area contributed by atoms with Crippen LogP contribution in [0, 0.1) is 0 Å². The normalized spacial score (nSPS) is 14.1. The van der Waals surface area contributed by atoms with Gasteiger partial charge in [0.2, 0.25) is 11.4 Å². The van der Waals surface area contributed by atoms with E-state index in [4.69, 9.17) is 4.52 Å². The third kappa shape index (κ3) is 2.73. The number of rotatable bonds is 4. The molecule has 1 saturated carbocycles. The molecule has 3 aromatic rings. The van der Waals surface area contributed by atoms with Crippen molar-refractivity contribution < 1.29 is 9.32 Å². The average molecular weight is 310 g/mol. The molecule has 2 aromatic heterocycles. The number of carbonyl (C=O) groups excluding carboxylic acids is 1. The Balaban J connectivity index is 1.55. The maximum atomic E-state index is 12.4. The average Bonchev–Trinajstić information content (AvgIpc) is 3.30. The maximum absolute atomic E-state index is 12.4. The van der Waals surface area contributed by atoms with Gasteiger partial charge < -0.3 is 14.8 Å². The number of H-pyrrole nitrogens is 1. The van der Waals surface area contributed by atoms with Crippen LogP contribution in [0.1, 0.15) is 40.8 Å². The minimum absolute atomic E-state index is 0.163. The van der Waals surface area contributed by atoms with E-state index in [1.807, 2.05) is 6.07 Å². The van der Waals surface area contributed by atoms with Gasteiger partial charge in [-0.25, -0.2) is 0 Å². The summed E-state index contributed by atoms with van der Waals surface area (Å²) in [5.74, 6) is 1.11. The van der Waals surface area contributed by atoms with Crippen LogP contribution in [-0.2, 0) is 6.54 Å². The lowest BCUT2D eigenvalue weighted by Crippen LogP contribution is -2.25. The van der Waals surface area contributed by atoms with Crippen LogP contribution in [-0.4, -0.2) is 21.0 Å². The number of amides is 1. The quantitative estimate of drug-likeness (QED) is 0.764. The summed E-state index contributed by atoms with van der Waals surface area (Å²) in [5.41, 5.74) is 0.639. The first-order chi connectivity index (χ1) is 11.2. The molecule has 1 amide bonds. The molecule has 0 radical (unpaired) electrons. The summed E-state index contributed by atoms with van der Waals surface area (Å²) in [7, 11) is 0. The van der Waals surface area contributed by atoms with E-state index in [2.05, 4.69) is 20.4 Å². The van der Waals surface area contributed by atoms with Crippen LogP contribution in [0.5, 0.6) is 0 Å². The van der Waals surface area contributed by atoms with Crippen molar-refractivity contribution in [1.29, 1.82) is 0 Å². The Labute approximate surface area is 130 Å². The molecule has 0 spiro atoms. The summed E-state index contributed by atoms with van der Waals surface area (Å²) in [5, 5.41) is 7.28. The van der Waals surface area contributed by atoms with Crippen molar-refractivity contribution >= 4 is 16.8 Å². The molecule has 0 aliphatic heterocycles. The molecule has 1 aliphatic rings. The number of carbonyl (C=O) groups is 1. The molecule has 1 fully saturated rings. The van der Waals surface area contributed by atoms with Crippen LogP contribution in [0.25, 0.3) is 10.9 Å². The number of nitrogens with zero attached hydrogens (tertiary/aromatic N) is 2. The Morgan fingerprint density at radius 3 is 3.00 bits per heavy atom. The molecule has 7 heteroatoms. The highest BCUT2D eigenvalue weighted by Crippen LogP contribution is 2.38. The summed E-state index contributed by atoms with van der Waals surface area (Å²) in [6.45, 7) is 0.163. The van der Waals surface area contributed by atoms with Crippen molar-refractivity contribution in [3.05, 3.63) is 58.0 Å². The van der Waals surface area contributed by atoms with E-state index in [-0.39, 0.29) is 18.0 Å². The van der Waals surface area contributed by atoms with E-state index in [0.717, 1.165) is 12.8 Å². The second kappa shape index (κ2) is 5.35. The van der Waals surface area contributed by atoms with Gasteiger partial charge in [-0.2, -0.15) is 4.98 Å². The summed E-state index contributed by atoms with van der Waals surface area (Å²) in [4.78, 5) is 31.0. The van der Waals surface area contributed by atoms with Crippen LogP contribution in [0.3, 0.4) is 0 Å². The fourth-order valence-corrected chi connectivity index (χ4v) is 2.48. The lowest BCUT2D eigenvalue weighted by Gasteiger charge is -2.06. The lowest BCUT2D eigenvalue weighted by atomic mass is 10.1. The smallest absolute Gasteiger partial charge is 0.252 e. The second-order valence-electron chi connectivity index (χ2n) is 5.60.